The molecule has 1 aromatic carbocycles. The Labute approximate surface area is 121 Å². The zero-order valence-electron chi connectivity index (χ0n) is 12.5. The van der Waals surface area contributed by atoms with Crippen molar-refractivity contribution in [2.24, 2.45) is 0 Å². The monoisotopic (exact) mass is 301 g/mol. The second-order valence-corrected chi connectivity index (χ2v) is 7.08. The fourth-order valence-corrected chi connectivity index (χ4v) is 2.66. The number of para-hydroxylation sites is 1. The molecule has 0 aliphatic carbocycles. The largest absolute Gasteiger partial charge is 0.491 e. The first-order valence-electron chi connectivity index (χ1n) is 6.35. The summed E-state index contributed by atoms with van der Waals surface area (Å²) in [5, 5.41) is 0. The topological polar surface area (TPSA) is 75.9 Å². The zero-order chi connectivity index (χ0) is 15.3. The highest BCUT2D eigenvalue weighted by atomic mass is 32.2. The molecule has 0 amide bonds. The fraction of sp³-hybridized carbons (Fsp3) is 0.538. The van der Waals surface area contributed by atoms with Gasteiger partial charge in [0, 0.05) is 20.6 Å². The van der Waals surface area contributed by atoms with Crippen LogP contribution < -0.4 is 10.5 Å². The molecule has 6 nitrogen and oxygen atoms in total. The number of nitrogens with zero attached hydrogens (tertiary/aromatic N) is 2. The highest BCUT2D eigenvalue weighted by Crippen LogP contribution is 2.30. The third kappa shape index (κ3) is 4.09. The van der Waals surface area contributed by atoms with E-state index in [1.165, 1.54) is 20.2 Å². The van der Waals surface area contributed by atoms with E-state index >= 15 is 0 Å². The first kappa shape index (κ1) is 16.7. The maximum Gasteiger partial charge on any atom is 0.244 e. The van der Waals surface area contributed by atoms with Gasteiger partial charge in [0.2, 0.25) is 10.0 Å². The second kappa shape index (κ2) is 6.92. The number of sulfonamides is 1. The zero-order valence-corrected chi connectivity index (χ0v) is 13.3. The molecule has 2 N–H and O–H groups in total. The fourth-order valence-electron chi connectivity index (χ4n) is 1.63. The van der Waals surface area contributed by atoms with E-state index in [-0.39, 0.29) is 10.6 Å². The van der Waals surface area contributed by atoms with Crippen molar-refractivity contribution in [1.82, 2.24) is 9.21 Å². The van der Waals surface area contributed by atoms with Crippen LogP contribution in [0.4, 0.5) is 5.69 Å². The van der Waals surface area contributed by atoms with Gasteiger partial charge in [-0.25, -0.2) is 12.7 Å². The van der Waals surface area contributed by atoms with Crippen molar-refractivity contribution in [3.05, 3.63) is 18.2 Å². The quantitative estimate of drug-likeness (QED) is 0.597. The van der Waals surface area contributed by atoms with Crippen LogP contribution >= 0.6 is 0 Å². The lowest BCUT2D eigenvalue weighted by atomic mass is 10.3. The standard InChI is InChI=1S/C13H23N3O3S/c1-15(2)9-6-10-19-11-7-5-8-12(13(11)14)20(17,18)16(3)4/h5,7-8H,6,9-10,14H2,1-4H3. The van der Waals surface area contributed by atoms with Crippen LogP contribution in [0.1, 0.15) is 6.42 Å². The Morgan fingerprint density at radius 2 is 1.85 bits per heavy atom. The van der Waals surface area contributed by atoms with Crippen LogP contribution in [0, 0.1) is 0 Å². The van der Waals surface area contributed by atoms with Gasteiger partial charge in [0.1, 0.15) is 10.6 Å². The lowest BCUT2D eigenvalue weighted by Crippen LogP contribution is -2.23. The lowest BCUT2D eigenvalue weighted by Gasteiger charge is -2.16. The molecule has 0 heterocycles. The number of nitrogens with two attached hydrogens (primary N) is 1. The van der Waals surface area contributed by atoms with E-state index in [0.29, 0.717) is 12.4 Å². The number of anilines is 1. The normalized spacial score (nSPS) is 12.1. The van der Waals surface area contributed by atoms with Gasteiger partial charge in [0.15, 0.2) is 0 Å². The van der Waals surface area contributed by atoms with E-state index in [1.807, 2.05) is 14.1 Å². The van der Waals surface area contributed by atoms with Crippen LogP contribution in [-0.2, 0) is 10.0 Å². The maximum atomic E-state index is 12.1. The van der Waals surface area contributed by atoms with Crippen molar-refractivity contribution in [2.45, 2.75) is 11.3 Å². The summed E-state index contributed by atoms with van der Waals surface area (Å²) < 4.78 is 30.9. The van der Waals surface area contributed by atoms with Crippen LogP contribution in [0.3, 0.4) is 0 Å². The van der Waals surface area contributed by atoms with E-state index in [2.05, 4.69) is 4.90 Å². The van der Waals surface area contributed by atoms with Crippen molar-refractivity contribution < 1.29 is 13.2 Å². The Bertz CT molecular complexity index is 542. The second-order valence-electron chi connectivity index (χ2n) is 4.96. The molecule has 0 bridgehead atoms. The van der Waals surface area contributed by atoms with Crippen molar-refractivity contribution >= 4 is 15.7 Å². The highest BCUT2D eigenvalue weighted by molar-refractivity contribution is 7.89. The Hall–Kier alpha value is -1.31. The third-order valence-corrected chi connectivity index (χ3v) is 4.67. The molecule has 0 radical (unpaired) electrons. The Balaban J connectivity index is 2.86. The minimum absolute atomic E-state index is 0.0765. The van der Waals surface area contributed by atoms with Crippen molar-refractivity contribution in [2.75, 3.05) is 47.1 Å². The molecule has 0 aliphatic heterocycles. The summed E-state index contributed by atoms with van der Waals surface area (Å²) in [4.78, 5) is 2.13. The number of rotatable bonds is 7. The predicted molar refractivity (Wildman–Crippen MR) is 80.4 cm³/mol. The SMILES string of the molecule is CN(C)CCCOc1cccc(S(=O)(=O)N(C)C)c1N. The molecule has 0 unspecified atom stereocenters. The smallest absolute Gasteiger partial charge is 0.244 e. The molecule has 0 saturated carbocycles. The van der Waals surface area contributed by atoms with E-state index < -0.39 is 10.0 Å². The summed E-state index contributed by atoms with van der Waals surface area (Å²) in [5.74, 6) is 0.409. The first-order chi connectivity index (χ1) is 9.26. The number of ether oxygens (including phenoxy) is 1. The number of hydrogen-bond acceptors (Lipinski definition) is 5. The van der Waals surface area contributed by atoms with E-state index in [9.17, 15) is 8.42 Å². The summed E-state index contributed by atoms with van der Waals surface area (Å²) >= 11 is 0. The Morgan fingerprint density at radius 3 is 2.40 bits per heavy atom. The molecule has 0 saturated heterocycles. The molecular weight excluding hydrogens is 278 g/mol. The van der Waals surface area contributed by atoms with Gasteiger partial charge in [-0.3, -0.25) is 0 Å². The van der Waals surface area contributed by atoms with Crippen molar-refractivity contribution in [1.29, 1.82) is 0 Å². The molecule has 1 rings (SSSR count). The van der Waals surface area contributed by atoms with Gasteiger partial charge in [0.25, 0.3) is 0 Å². The number of benzene rings is 1. The Morgan fingerprint density at radius 1 is 1.20 bits per heavy atom. The maximum absolute atomic E-state index is 12.1. The van der Waals surface area contributed by atoms with Crippen LogP contribution in [-0.4, -0.2) is 59.0 Å². The summed E-state index contributed by atoms with van der Waals surface area (Å²) in [6.07, 6.45) is 0.844. The van der Waals surface area contributed by atoms with Gasteiger partial charge in [-0.1, -0.05) is 6.07 Å². The van der Waals surface area contributed by atoms with Gasteiger partial charge < -0.3 is 15.4 Å². The summed E-state index contributed by atoms with van der Waals surface area (Å²) in [7, 11) is 3.36. The number of nitrogen functional groups attached to an aromatic ring is 1. The van der Waals surface area contributed by atoms with Gasteiger partial charge >= 0.3 is 0 Å². The molecule has 20 heavy (non-hydrogen) atoms. The molecular formula is C13H23N3O3S. The molecule has 0 aliphatic rings. The Kier molecular flexibility index (Phi) is 5.79. The molecule has 0 aromatic heterocycles. The molecule has 0 fully saturated rings. The molecule has 0 spiro atoms. The summed E-state index contributed by atoms with van der Waals surface area (Å²) in [6.45, 7) is 1.39. The minimum Gasteiger partial charge on any atom is -0.491 e. The van der Waals surface area contributed by atoms with Crippen LogP contribution in [0.5, 0.6) is 5.75 Å². The summed E-state index contributed by atoms with van der Waals surface area (Å²) in [5.41, 5.74) is 6.07. The van der Waals surface area contributed by atoms with E-state index in [4.69, 9.17) is 10.5 Å². The molecule has 7 heteroatoms. The summed E-state index contributed by atoms with van der Waals surface area (Å²) in [6, 6.07) is 4.80. The lowest BCUT2D eigenvalue weighted by molar-refractivity contribution is 0.282. The van der Waals surface area contributed by atoms with Gasteiger partial charge in [0.05, 0.1) is 12.3 Å². The average Bonchev–Trinajstić information content (AvgIpc) is 2.35. The van der Waals surface area contributed by atoms with Crippen molar-refractivity contribution in [3.63, 3.8) is 0 Å². The van der Waals surface area contributed by atoms with Gasteiger partial charge in [-0.05, 0) is 32.6 Å². The first-order valence-corrected chi connectivity index (χ1v) is 7.79. The average molecular weight is 301 g/mol. The van der Waals surface area contributed by atoms with Crippen LogP contribution in [0.25, 0.3) is 0 Å². The van der Waals surface area contributed by atoms with Gasteiger partial charge in [-0.15, -0.1) is 0 Å². The number of hydrogen-bond donors (Lipinski definition) is 1. The van der Waals surface area contributed by atoms with E-state index in [1.54, 1.807) is 12.1 Å². The van der Waals surface area contributed by atoms with Crippen molar-refractivity contribution in [3.8, 4) is 5.75 Å². The van der Waals surface area contributed by atoms with Crippen LogP contribution in [0.15, 0.2) is 23.1 Å². The highest BCUT2D eigenvalue weighted by Gasteiger charge is 2.22. The van der Waals surface area contributed by atoms with E-state index in [0.717, 1.165) is 17.3 Å². The van der Waals surface area contributed by atoms with Gasteiger partial charge in [-0.2, -0.15) is 0 Å². The third-order valence-electron chi connectivity index (χ3n) is 2.79. The minimum atomic E-state index is -3.55. The molecule has 1 aromatic rings. The predicted octanol–water partition coefficient (Wildman–Crippen LogP) is 0.850. The van der Waals surface area contributed by atoms with Crippen LogP contribution in [0.2, 0.25) is 0 Å². The molecule has 114 valence electrons. The molecule has 0 atom stereocenters.